The number of H-pyrrole nitrogens is 1. The zero-order chi connectivity index (χ0) is 14.3. The topological polar surface area (TPSA) is 78.1 Å². The number of pyridine rings is 1. The van der Waals surface area contributed by atoms with Gasteiger partial charge in [0.1, 0.15) is 10.5 Å². The maximum Gasteiger partial charge on any atom is 0.245 e. The van der Waals surface area contributed by atoms with E-state index < -0.39 is 10.0 Å². The zero-order valence-electron chi connectivity index (χ0n) is 11.5. The lowest BCUT2D eigenvalue weighted by Crippen LogP contribution is -2.56. The van der Waals surface area contributed by atoms with Crippen LogP contribution < -0.4 is 5.32 Å². The van der Waals surface area contributed by atoms with E-state index in [0.29, 0.717) is 29.0 Å². The van der Waals surface area contributed by atoms with Crippen LogP contribution in [0.5, 0.6) is 0 Å². The molecule has 0 bridgehead atoms. The van der Waals surface area contributed by atoms with E-state index in [-0.39, 0.29) is 12.1 Å². The molecule has 108 valence electrons. The third-order valence-corrected chi connectivity index (χ3v) is 5.73. The number of fused-ring (bicyclic) bond motifs is 1. The van der Waals surface area contributed by atoms with Crippen molar-refractivity contribution in [1.29, 1.82) is 0 Å². The Labute approximate surface area is 118 Å². The highest BCUT2D eigenvalue weighted by Gasteiger charge is 2.34. The number of nitrogens with zero attached hydrogens (tertiary/aromatic N) is 2. The Morgan fingerprint density at radius 1 is 1.40 bits per heavy atom. The molecule has 0 aliphatic carbocycles. The maximum absolute atomic E-state index is 12.9. The monoisotopic (exact) mass is 294 g/mol. The van der Waals surface area contributed by atoms with Gasteiger partial charge in [-0.25, -0.2) is 13.4 Å². The lowest BCUT2D eigenvalue weighted by atomic mass is 10.2. The van der Waals surface area contributed by atoms with Crippen molar-refractivity contribution in [1.82, 2.24) is 19.6 Å². The molecule has 6 nitrogen and oxygen atoms in total. The van der Waals surface area contributed by atoms with Crippen LogP contribution in [0.25, 0.3) is 11.0 Å². The predicted octanol–water partition coefficient (Wildman–Crippen LogP) is 0.934. The molecule has 2 atom stereocenters. The first-order chi connectivity index (χ1) is 9.50. The average Bonchev–Trinajstić information content (AvgIpc) is 2.86. The zero-order valence-corrected chi connectivity index (χ0v) is 12.3. The Hall–Kier alpha value is -1.44. The summed E-state index contributed by atoms with van der Waals surface area (Å²) in [5, 5.41) is 3.93. The van der Waals surface area contributed by atoms with Crippen molar-refractivity contribution in [3.8, 4) is 0 Å². The first kappa shape index (κ1) is 13.5. The molecule has 2 unspecified atom stereocenters. The molecule has 0 amide bonds. The van der Waals surface area contributed by atoms with Gasteiger partial charge in [-0.1, -0.05) is 0 Å². The summed E-state index contributed by atoms with van der Waals surface area (Å²) in [5.74, 6) is 0. The lowest BCUT2D eigenvalue weighted by molar-refractivity contribution is 0.245. The smallest absolute Gasteiger partial charge is 0.245 e. The highest BCUT2D eigenvalue weighted by Crippen LogP contribution is 2.26. The van der Waals surface area contributed by atoms with E-state index in [1.807, 2.05) is 13.8 Å². The van der Waals surface area contributed by atoms with Gasteiger partial charge in [0.25, 0.3) is 0 Å². The largest absolute Gasteiger partial charge is 0.345 e. The van der Waals surface area contributed by atoms with Gasteiger partial charge in [-0.15, -0.1) is 0 Å². The van der Waals surface area contributed by atoms with Crippen molar-refractivity contribution in [3.05, 3.63) is 24.5 Å². The third kappa shape index (κ3) is 2.11. The van der Waals surface area contributed by atoms with E-state index >= 15 is 0 Å². The van der Waals surface area contributed by atoms with Crippen molar-refractivity contribution in [2.75, 3.05) is 13.1 Å². The normalized spacial score (nSPS) is 25.1. The van der Waals surface area contributed by atoms with Crippen molar-refractivity contribution in [3.63, 3.8) is 0 Å². The van der Waals surface area contributed by atoms with E-state index in [9.17, 15) is 8.42 Å². The Morgan fingerprint density at radius 2 is 2.20 bits per heavy atom. The SMILES string of the molecule is CC1CN(S(=O)(=O)c2c[nH]c3ncccc23)C(C)CN1. The number of hydrogen-bond donors (Lipinski definition) is 2. The second-order valence-corrected chi connectivity index (χ2v) is 7.14. The maximum atomic E-state index is 12.9. The Morgan fingerprint density at radius 3 is 3.00 bits per heavy atom. The molecule has 0 radical (unpaired) electrons. The van der Waals surface area contributed by atoms with Gasteiger partial charge in [0.15, 0.2) is 0 Å². The molecular weight excluding hydrogens is 276 g/mol. The Bertz CT molecular complexity index is 725. The van der Waals surface area contributed by atoms with Gasteiger partial charge in [0, 0.05) is 43.0 Å². The molecule has 1 fully saturated rings. The molecule has 0 saturated carbocycles. The Balaban J connectivity index is 2.07. The minimum absolute atomic E-state index is 0.0576. The second kappa shape index (κ2) is 4.83. The summed E-state index contributed by atoms with van der Waals surface area (Å²) >= 11 is 0. The van der Waals surface area contributed by atoms with E-state index in [1.54, 1.807) is 22.6 Å². The lowest BCUT2D eigenvalue weighted by Gasteiger charge is -2.36. The summed E-state index contributed by atoms with van der Waals surface area (Å²) in [4.78, 5) is 7.38. The summed E-state index contributed by atoms with van der Waals surface area (Å²) in [6, 6.07) is 3.63. The number of aromatic amines is 1. The van der Waals surface area contributed by atoms with Gasteiger partial charge in [-0.2, -0.15) is 4.31 Å². The van der Waals surface area contributed by atoms with Gasteiger partial charge >= 0.3 is 0 Å². The van der Waals surface area contributed by atoms with Crippen LogP contribution in [0.3, 0.4) is 0 Å². The molecule has 1 aliphatic rings. The Kier molecular flexibility index (Phi) is 3.27. The average molecular weight is 294 g/mol. The molecule has 20 heavy (non-hydrogen) atoms. The third-order valence-electron chi connectivity index (χ3n) is 3.71. The van der Waals surface area contributed by atoms with Gasteiger partial charge in [0.2, 0.25) is 10.0 Å². The van der Waals surface area contributed by atoms with Crippen LogP contribution in [0.1, 0.15) is 13.8 Å². The minimum atomic E-state index is -3.51. The first-order valence-electron chi connectivity index (χ1n) is 6.67. The van der Waals surface area contributed by atoms with Crippen molar-refractivity contribution < 1.29 is 8.42 Å². The van der Waals surface area contributed by atoms with Gasteiger partial charge < -0.3 is 10.3 Å². The summed E-state index contributed by atoms with van der Waals surface area (Å²) in [6.07, 6.45) is 3.18. The number of hydrogen-bond acceptors (Lipinski definition) is 4. The van der Waals surface area contributed by atoms with Crippen LogP contribution in [0, 0.1) is 0 Å². The first-order valence-corrected chi connectivity index (χ1v) is 8.11. The van der Waals surface area contributed by atoms with Gasteiger partial charge in [-0.3, -0.25) is 0 Å². The molecular formula is C13H18N4O2S. The molecule has 2 aromatic rings. The molecule has 1 saturated heterocycles. The highest BCUT2D eigenvalue weighted by atomic mass is 32.2. The molecule has 1 aliphatic heterocycles. The van der Waals surface area contributed by atoms with Crippen LogP contribution >= 0.6 is 0 Å². The second-order valence-electron chi connectivity index (χ2n) is 5.29. The fourth-order valence-corrected chi connectivity index (χ4v) is 4.46. The molecule has 7 heteroatoms. The van der Waals surface area contributed by atoms with Crippen molar-refractivity contribution in [2.45, 2.75) is 30.8 Å². The molecule has 0 spiro atoms. The molecule has 3 heterocycles. The number of nitrogens with one attached hydrogen (secondary N) is 2. The van der Waals surface area contributed by atoms with Crippen LogP contribution in [0.2, 0.25) is 0 Å². The fraction of sp³-hybridized carbons (Fsp3) is 0.462. The van der Waals surface area contributed by atoms with E-state index in [2.05, 4.69) is 15.3 Å². The molecule has 2 aromatic heterocycles. The van der Waals surface area contributed by atoms with Gasteiger partial charge in [0.05, 0.1) is 0 Å². The van der Waals surface area contributed by atoms with E-state index in [4.69, 9.17) is 0 Å². The summed E-state index contributed by atoms with van der Waals surface area (Å²) < 4.78 is 27.3. The quantitative estimate of drug-likeness (QED) is 0.864. The summed E-state index contributed by atoms with van der Waals surface area (Å²) in [5.41, 5.74) is 0.599. The molecule has 3 rings (SSSR count). The molecule has 2 N–H and O–H groups in total. The summed E-state index contributed by atoms with van der Waals surface area (Å²) in [6.45, 7) is 5.06. The minimum Gasteiger partial charge on any atom is -0.345 e. The number of aromatic nitrogens is 2. The van der Waals surface area contributed by atoms with E-state index in [1.165, 1.54) is 6.20 Å². The number of sulfonamides is 1. The van der Waals surface area contributed by atoms with Crippen molar-refractivity contribution in [2.24, 2.45) is 0 Å². The summed E-state index contributed by atoms with van der Waals surface area (Å²) in [7, 11) is -3.51. The number of piperazine rings is 1. The van der Waals surface area contributed by atoms with E-state index in [0.717, 1.165) is 0 Å². The van der Waals surface area contributed by atoms with Crippen LogP contribution in [-0.4, -0.2) is 47.9 Å². The van der Waals surface area contributed by atoms with Crippen molar-refractivity contribution >= 4 is 21.1 Å². The van der Waals surface area contributed by atoms with Crippen LogP contribution in [0.15, 0.2) is 29.4 Å². The standard InChI is InChI=1S/C13H18N4O2S/c1-9-8-17(10(2)6-15-9)20(18,19)12-7-16-13-11(12)4-3-5-14-13/h3-5,7,9-10,15H,6,8H2,1-2H3,(H,14,16). The molecule has 0 aromatic carbocycles. The predicted molar refractivity (Wildman–Crippen MR) is 76.9 cm³/mol. The van der Waals surface area contributed by atoms with Crippen LogP contribution in [-0.2, 0) is 10.0 Å². The van der Waals surface area contributed by atoms with Gasteiger partial charge in [-0.05, 0) is 26.0 Å². The highest BCUT2D eigenvalue weighted by molar-refractivity contribution is 7.89. The fourth-order valence-electron chi connectivity index (χ4n) is 2.59. The number of rotatable bonds is 2. The van der Waals surface area contributed by atoms with Crippen LogP contribution in [0.4, 0.5) is 0 Å².